The van der Waals surface area contributed by atoms with Crippen molar-refractivity contribution in [2.75, 3.05) is 18.8 Å². The standard InChI is InChI=1S/C12H22N2O2S/c15-17(16,10-11-6-8-13-9-7-11)14-12-4-2-1-3-5-12/h1-2,11-14H,3-10H2. The summed E-state index contributed by atoms with van der Waals surface area (Å²) in [6, 6.07) is 0.117. The van der Waals surface area contributed by atoms with Crippen LogP contribution >= 0.6 is 0 Å². The van der Waals surface area contributed by atoms with Crippen molar-refractivity contribution >= 4 is 10.0 Å². The van der Waals surface area contributed by atoms with Gasteiger partial charge in [0.05, 0.1) is 5.75 Å². The monoisotopic (exact) mass is 258 g/mol. The minimum Gasteiger partial charge on any atom is -0.317 e. The maximum Gasteiger partial charge on any atom is 0.212 e. The molecule has 0 spiro atoms. The fourth-order valence-electron chi connectivity index (χ4n) is 2.56. The lowest BCUT2D eigenvalue weighted by Gasteiger charge is -2.24. The van der Waals surface area contributed by atoms with Gasteiger partial charge >= 0.3 is 0 Å². The van der Waals surface area contributed by atoms with Crippen LogP contribution in [0.4, 0.5) is 0 Å². The summed E-state index contributed by atoms with van der Waals surface area (Å²) >= 11 is 0. The summed E-state index contributed by atoms with van der Waals surface area (Å²) in [5.41, 5.74) is 0. The van der Waals surface area contributed by atoms with Gasteiger partial charge in [0.2, 0.25) is 10.0 Å². The van der Waals surface area contributed by atoms with Gasteiger partial charge < -0.3 is 5.32 Å². The molecule has 1 heterocycles. The van der Waals surface area contributed by atoms with Gasteiger partial charge in [0.25, 0.3) is 0 Å². The molecule has 1 saturated heterocycles. The number of sulfonamides is 1. The predicted molar refractivity (Wildman–Crippen MR) is 69.3 cm³/mol. The SMILES string of the molecule is O=S(=O)(CC1CCNCC1)NC1CC=CCC1. The van der Waals surface area contributed by atoms with E-state index in [0.717, 1.165) is 45.2 Å². The lowest BCUT2D eigenvalue weighted by molar-refractivity contribution is 0.398. The molecule has 1 unspecified atom stereocenters. The van der Waals surface area contributed by atoms with E-state index in [9.17, 15) is 8.42 Å². The molecule has 17 heavy (non-hydrogen) atoms. The van der Waals surface area contributed by atoms with Crippen molar-refractivity contribution in [3.63, 3.8) is 0 Å². The molecule has 4 nitrogen and oxygen atoms in total. The van der Waals surface area contributed by atoms with Crippen molar-refractivity contribution in [1.29, 1.82) is 0 Å². The fraction of sp³-hybridized carbons (Fsp3) is 0.833. The van der Waals surface area contributed by atoms with Crippen LogP contribution in [0.2, 0.25) is 0 Å². The second kappa shape index (κ2) is 5.98. The van der Waals surface area contributed by atoms with Crippen LogP contribution in [0.25, 0.3) is 0 Å². The molecule has 0 bridgehead atoms. The summed E-state index contributed by atoms with van der Waals surface area (Å²) in [5.74, 6) is 0.627. The molecule has 98 valence electrons. The fourth-order valence-corrected chi connectivity index (χ4v) is 4.33. The van der Waals surface area contributed by atoms with E-state index in [1.807, 2.05) is 0 Å². The van der Waals surface area contributed by atoms with Crippen LogP contribution in [0.3, 0.4) is 0 Å². The third-order valence-corrected chi connectivity index (χ3v) is 5.13. The van der Waals surface area contributed by atoms with Gasteiger partial charge in [-0.3, -0.25) is 0 Å². The summed E-state index contributed by atoms with van der Waals surface area (Å²) in [6.45, 7) is 1.90. The number of allylic oxidation sites excluding steroid dienone is 1. The van der Waals surface area contributed by atoms with Crippen LogP contribution in [0, 0.1) is 5.92 Å². The Balaban J connectivity index is 1.82. The minimum atomic E-state index is -3.09. The van der Waals surface area contributed by atoms with Crippen LogP contribution < -0.4 is 10.0 Å². The van der Waals surface area contributed by atoms with Crippen molar-refractivity contribution in [2.45, 2.75) is 38.1 Å². The second-order valence-electron chi connectivity index (χ2n) is 5.07. The highest BCUT2D eigenvalue weighted by Gasteiger charge is 2.23. The number of hydrogen-bond acceptors (Lipinski definition) is 3. The molecule has 1 atom stereocenters. The smallest absolute Gasteiger partial charge is 0.212 e. The Morgan fingerprint density at radius 2 is 1.94 bits per heavy atom. The molecule has 2 rings (SSSR count). The van der Waals surface area contributed by atoms with Gasteiger partial charge in [0.1, 0.15) is 0 Å². The van der Waals surface area contributed by atoms with Gasteiger partial charge in [-0.2, -0.15) is 0 Å². The molecule has 0 saturated carbocycles. The highest BCUT2D eigenvalue weighted by molar-refractivity contribution is 7.89. The number of rotatable bonds is 4. The molecule has 1 aliphatic heterocycles. The first-order valence-electron chi connectivity index (χ1n) is 6.51. The van der Waals surface area contributed by atoms with Crippen molar-refractivity contribution in [1.82, 2.24) is 10.0 Å². The molecule has 2 aliphatic rings. The van der Waals surface area contributed by atoms with Crippen LogP contribution in [-0.2, 0) is 10.0 Å². The van der Waals surface area contributed by atoms with Crippen LogP contribution in [0.15, 0.2) is 12.2 Å². The predicted octanol–water partition coefficient (Wildman–Crippen LogP) is 1.01. The van der Waals surface area contributed by atoms with Crippen molar-refractivity contribution in [3.8, 4) is 0 Å². The van der Waals surface area contributed by atoms with Gasteiger partial charge in [0, 0.05) is 6.04 Å². The van der Waals surface area contributed by atoms with E-state index in [1.54, 1.807) is 0 Å². The van der Waals surface area contributed by atoms with Gasteiger partial charge in [-0.05, 0) is 51.1 Å². The zero-order chi connectivity index (χ0) is 12.1. The summed E-state index contributed by atoms with van der Waals surface area (Å²) in [6.07, 6.45) is 8.91. The molecule has 0 radical (unpaired) electrons. The Hall–Kier alpha value is -0.390. The summed E-state index contributed by atoms with van der Waals surface area (Å²) in [7, 11) is -3.09. The van der Waals surface area contributed by atoms with E-state index in [4.69, 9.17) is 0 Å². The molecule has 5 heteroatoms. The highest BCUT2D eigenvalue weighted by atomic mass is 32.2. The van der Waals surface area contributed by atoms with E-state index in [2.05, 4.69) is 22.2 Å². The highest BCUT2D eigenvalue weighted by Crippen LogP contribution is 2.16. The van der Waals surface area contributed by atoms with Crippen LogP contribution in [0.5, 0.6) is 0 Å². The molecule has 0 aromatic carbocycles. The minimum absolute atomic E-state index is 0.117. The van der Waals surface area contributed by atoms with Gasteiger partial charge in [-0.15, -0.1) is 0 Å². The Bertz CT molecular complexity index is 359. The van der Waals surface area contributed by atoms with Crippen LogP contribution in [-0.4, -0.2) is 33.3 Å². The average molecular weight is 258 g/mol. The van der Waals surface area contributed by atoms with E-state index in [1.165, 1.54) is 0 Å². The molecule has 2 N–H and O–H groups in total. The quantitative estimate of drug-likeness (QED) is 0.740. The second-order valence-corrected chi connectivity index (χ2v) is 6.87. The average Bonchev–Trinajstić information content (AvgIpc) is 2.30. The summed E-state index contributed by atoms with van der Waals surface area (Å²) in [4.78, 5) is 0. The molecule has 0 aromatic heterocycles. The summed E-state index contributed by atoms with van der Waals surface area (Å²) < 4.78 is 26.9. The molecule has 1 fully saturated rings. The molecule has 0 aromatic rings. The third-order valence-electron chi connectivity index (χ3n) is 3.53. The Morgan fingerprint density at radius 1 is 1.18 bits per heavy atom. The largest absolute Gasteiger partial charge is 0.317 e. The molecular formula is C12H22N2O2S. The normalized spacial score (nSPS) is 27.2. The Morgan fingerprint density at radius 3 is 2.59 bits per heavy atom. The zero-order valence-corrected chi connectivity index (χ0v) is 11.0. The number of nitrogens with one attached hydrogen (secondary N) is 2. The van der Waals surface area contributed by atoms with E-state index >= 15 is 0 Å². The first-order chi connectivity index (χ1) is 8.16. The lowest BCUT2D eigenvalue weighted by atomic mass is 10.0. The number of piperidine rings is 1. The van der Waals surface area contributed by atoms with Gasteiger partial charge in [-0.25, -0.2) is 13.1 Å². The number of hydrogen-bond donors (Lipinski definition) is 2. The first kappa shape index (κ1) is 13.1. The lowest BCUT2D eigenvalue weighted by Crippen LogP contribution is -2.40. The Kier molecular flexibility index (Phi) is 4.59. The molecule has 0 amide bonds. The maximum absolute atomic E-state index is 12.0. The van der Waals surface area contributed by atoms with Gasteiger partial charge in [-0.1, -0.05) is 12.2 Å². The van der Waals surface area contributed by atoms with E-state index < -0.39 is 10.0 Å². The topological polar surface area (TPSA) is 58.2 Å². The molecular weight excluding hydrogens is 236 g/mol. The van der Waals surface area contributed by atoms with E-state index in [-0.39, 0.29) is 6.04 Å². The van der Waals surface area contributed by atoms with Gasteiger partial charge in [0.15, 0.2) is 0 Å². The van der Waals surface area contributed by atoms with Crippen LogP contribution in [0.1, 0.15) is 32.1 Å². The van der Waals surface area contributed by atoms with E-state index in [0.29, 0.717) is 11.7 Å². The molecule has 1 aliphatic carbocycles. The maximum atomic E-state index is 12.0. The zero-order valence-electron chi connectivity index (χ0n) is 10.2. The first-order valence-corrected chi connectivity index (χ1v) is 8.17. The van der Waals surface area contributed by atoms with Crippen molar-refractivity contribution < 1.29 is 8.42 Å². The van der Waals surface area contributed by atoms with Crippen molar-refractivity contribution in [2.24, 2.45) is 5.92 Å². The summed E-state index contributed by atoms with van der Waals surface area (Å²) in [5, 5.41) is 3.26. The third kappa shape index (κ3) is 4.41. The Labute approximate surface area is 104 Å². The van der Waals surface area contributed by atoms with Crippen molar-refractivity contribution in [3.05, 3.63) is 12.2 Å².